The monoisotopic (exact) mass is 297 g/mol. The summed E-state index contributed by atoms with van der Waals surface area (Å²) in [6, 6.07) is 4.84. The molecule has 1 heterocycles. The van der Waals surface area contributed by atoms with Crippen molar-refractivity contribution in [3.63, 3.8) is 0 Å². The minimum absolute atomic E-state index is 0.126. The van der Waals surface area contributed by atoms with E-state index in [4.69, 9.17) is 23.2 Å². The van der Waals surface area contributed by atoms with Crippen molar-refractivity contribution in [2.75, 3.05) is 4.90 Å². The summed E-state index contributed by atoms with van der Waals surface area (Å²) in [4.78, 5) is 26.1. The second kappa shape index (κ2) is 4.80. The number of nitrogens with zero attached hydrogens (tertiary/aromatic N) is 1. The van der Waals surface area contributed by atoms with Crippen LogP contribution in [0, 0.1) is 11.8 Å². The van der Waals surface area contributed by atoms with E-state index >= 15 is 0 Å². The van der Waals surface area contributed by atoms with E-state index < -0.39 is 0 Å². The highest BCUT2D eigenvalue weighted by Gasteiger charge is 2.49. The Hall–Kier alpha value is -1.06. The number of fused-ring (bicyclic) bond motifs is 1. The number of imide groups is 1. The second-order valence-corrected chi connectivity index (χ2v) is 5.95. The first-order valence-electron chi connectivity index (χ1n) is 6.42. The summed E-state index contributed by atoms with van der Waals surface area (Å²) >= 11 is 12.0. The van der Waals surface area contributed by atoms with E-state index in [1.54, 1.807) is 18.2 Å². The van der Waals surface area contributed by atoms with Crippen molar-refractivity contribution in [3.8, 4) is 0 Å². The molecule has 2 aliphatic rings. The van der Waals surface area contributed by atoms with E-state index in [-0.39, 0.29) is 23.7 Å². The summed E-state index contributed by atoms with van der Waals surface area (Å²) < 4.78 is 0. The zero-order valence-electron chi connectivity index (χ0n) is 10.2. The highest BCUT2D eigenvalue weighted by Crippen LogP contribution is 2.42. The lowest BCUT2D eigenvalue weighted by atomic mass is 9.81. The highest BCUT2D eigenvalue weighted by molar-refractivity contribution is 6.37. The van der Waals surface area contributed by atoms with Crippen LogP contribution in [0.4, 0.5) is 5.69 Å². The van der Waals surface area contributed by atoms with E-state index in [1.165, 1.54) is 4.90 Å². The first-order valence-corrected chi connectivity index (χ1v) is 7.18. The third-order valence-corrected chi connectivity index (χ3v) is 4.54. The number of hydrogen-bond acceptors (Lipinski definition) is 2. The molecule has 100 valence electrons. The van der Waals surface area contributed by atoms with Gasteiger partial charge in [0.15, 0.2) is 0 Å². The summed E-state index contributed by atoms with van der Waals surface area (Å²) in [6.45, 7) is 0. The van der Waals surface area contributed by atoms with E-state index in [9.17, 15) is 9.59 Å². The SMILES string of the molecule is O=C1[C@H]2CCCC[C@H]2C(=O)N1c1cc(Cl)ccc1Cl. The highest BCUT2D eigenvalue weighted by atomic mass is 35.5. The Morgan fingerprint density at radius 3 is 2.16 bits per heavy atom. The van der Waals surface area contributed by atoms with Gasteiger partial charge in [-0.15, -0.1) is 0 Å². The fraction of sp³-hybridized carbons (Fsp3) is 0.429. The fourth-order valence-corrected chi connectivity index (χ4v) is 3.43. The predicted molar refractivity (Wildman–Crippen MR) is 74.4 cm³/mol. The molecule has 1 aromatic rings. The largest absolute Gasteiger partial charge is 0.274 e. The lowest BCUT2D eigenvalue weighted by Crippen LogP contribution is -2.31. The Morgan fingerprint density at radius 1 is 1.00 bits per heavy atom. The number of benzene rings is 1. The molecule has 0 bridgehead atoms. The molecule has 1 saturated heterocycles. The lowest BCUT2D eigenvalue weighted by molar-refractivity contribution is -0.122. The minimum atomic E-state index is -0.170. The van der Waals surface area contributed by atoms with Gasteiger partial charge in [0, 0.05) is 5.02 Å². The number of anilines is 1. The predicted octanol–water partition coefficient (Wildman–Crippen LogP) is 3.67. The quantitative estimate of drug-likeness (QED) is 0.742. The van der Waals surface area contributed by atoms with E-state index in [0.29, 0.717) is 15.7 Å². The third kappa shape index (κ3) is 2.05. The number of hydrogen-bond donors (Lipinski definition) is 0. The number of carbonyl (C=O) groups is 2. The van der Waals surface area contributed by atoms with Crippen LogP contribution in [0.2, 0.25) is 10.0 Å². The molecule has 0 N–H and O–H groups in total. The molecule has 0 unspecified atom stereocenters. The zero-order chi connectivity index (χ0) is 13.6. The number of carbonyl (C=O) groups excluding carboxylic acids is 2. The van der Waals surface area contributed by atoms with Crippen LogP contribution in [0.15, 0.2) is 18.2 Å². The molecule has 2 amide bonds. The molecule has 19 heavy (non-hydrogen) atoms. The van der Waals surface area contributed by atoms with Crippen molar-refractivity contribution < 1.29 is 9.59 Å². The Balaban J connectivity index is 2.03. The van der Waals surface area contributed by atoms with Gasteiger partial charge in [-0.2, -0.15) is 0 Å². The van der Waals surface area contributed by atoms with Crippen molar-refractivity contribution in [2.24, 2.45) is 11.8 Å². The average molecular weight is 298 g/mol. The molecule has 1 aliphatic carbocycles. The average Bonchev–Trinajstić information content (AvgIpc) is 2.66. The molecule has 0 spiro atoms. The first-order chi connectivity index (χ1) is 9.09. The number of amides is 2. The lowest BCUT2D eigenvalue weighted by Gasteiger charge is -2.19. The molecular weight excluding hydrogens is 285 g/mol. The van der Waals surface area contributed by atoms with E-state index in [1.807, 2.05) is 0 Å². The summed E-state index contributed by atoms with van der Waals surface area (Å²) in [7, 11) is 0. The fourth-order valence-electron chi connectivity index (χ4n) is 3.06. The van der Waals surface area contributed by atoms with Crippen molar-refractivity contribution in [3.05, 3.63) is 28.2 Å². The summed E-state index contributed by atoms with van der Waals surface area (Å²) in [5.74, 6) is -0.592. The van der Waals surface area contributed by atoms with E-state index in [0.717, 1.165) is 25.7 Å². The first kappa shape index (κ1) is 12.9. The smallest absolute Gasteiger partial charge is 0.237 e. The van der Waals surface area contributed by atoms with Gasteiger partial charge in [0.1, 0.15) is 0 Å². The van der Waals surface area contributed by atoms with Crippen LogP contribution < -0.4 is 4.90 Å². The van der Waals surface area contributed by atoms with Crippen molar-refractivity contribution in [1.29, 1.82) is 0 Å². The van der Waals surface area contributed by atoms with E-state index in [2.05, 4.69) is 0 Å². The normalized spacial score (nSPS) is 26.7. The van der Waals surface area contributed by atoms with Crippen LogP contribution in [-0.2, 0) is 9.59 Å². The summed E-state index contributed by atoms with van der Waals surface area (Å²) in [5, 5.41) is 0.847. The van der Waals surface area contributed by atoms with Crippen LogP contribution in [0.1, 0.15) is 25.7 Å². The molecule has 5 heteroatoms. The molecule has 3 nitrogen and oxygen atoms in total. The Kier molecular flexibility index (Phi) is 3.27. The van der Waals surface area contributed by atoms with Gasteiger partial charge in [0.25, 0.3) is 0 Å². The maximum atomic E-state index is 12.4. The van der Waals surface area contributed by atoms with Gasteiger partial charge in [-0.3, -0.25) is 9.59 Å². The van der Waals surface area contributed by atoms with Gasteiger partial charge in [-0.1, -0.05) is 36.0 Å². The van der Waals surface area contributed by atoms with Gasteiger partial charge in [-0.05, 0) is 31.0 Å². The van der Waals surface area contributed by atoms with Crippen LogP contribution in [-0.4, -0.2) is 11.8 Å². The summed E-state index contributed by atoms with van der Waals surface area (Å²) in [6.07, 6.45) is 3.61. The molecule has 1 aliphatic heterocycles. The van der Waals surface area contributed by atoms with Gasteiger partial charge < -0.3 is 0 Å². The summed E-state index contributed by atoms with van der Waals surface area (Å²) in [5.41, 5.74) is 0.415. The van der Waals surface area contributed by atoms with Crippen molar-refractivity contribution in [1.82, 2.24) is 0 Å². The van der Waals surface area contributed by atoms with Crippen molar-refractivity contribution in [2.45, 2.75) is 25.7 Å². The third-order valence-electron chi connectivity index (χ3n) is 3.99. The van der Waals surface area contributed by atoms with Crippen LogP contribution >= 0.6 is 23.2 Å². The molecule has 1 saturated carbocycles. The second-order valence-electron chi connectivity index (χ2n) is 5.11. The number of halogens is 2. The molecule has 2 atom stereocenters. The van der Waals surface area contributed by atoms with Gasteiger partial charge in [0.2, 0.25) is 11.8 Å². The molecule has 2 fully saturated rings. The van der Waals surface area contributed by atoms with Crippen LogP contribution in [0.25, 0.3) is 0 Å². The minimum Gasteiger partial charge on any atom is -0.274 e. The van der Waals surface area contributed by atoms with Gasteiger partial charge in [0.05, 0.1) is 22.5 Å². The van der Waals surface area contributed by atoms with Gasteiger partial charge in [-0.25, -0.2) is 4.90 Å². The standard InChI is InChI=1S/C14H13Cl2NO2/c15-8-5-6-11(16)12(7-8)17-13(18)9-3-1-2-4-10(9)14(17)19/h5-7,9-10H,1-4H2/t9-,10+. The molecule has 1 aromatic carbocycles. The maximum absolute atomic E-state index is 12.4. The molecule has 3 rings (SSSR count). The van der Waals surface area contributed by atoms with Crippen LogP contribution in [0.5, 0.6) is 0 Å². The van der Waals surface area contributed by atoms with Crippen LogP contribution in [0.3, 0.4) is 0 Å². The Bertz CT molecular complexity index is 534. The molecule has 0 radical (unpaired) electrons. The Labute approximate surface area is 121 Å². The maximum Gasteiger partial charge on any atom is 0.237 e. The van der Waals surface area contributed by atoms with Gasteiger partial charge >= 0.3 is 0 Å². The Morgan fingerprint density at radius 2 is 1.58 bits per heavy atom. The topological polar surface area (TPSA) is 37.4 Å². The zero-order valence-corrected chi connectivity index (χ0v) is 11.7. The molecular formula is C14H13Cl2NO2. The van der Waals surface area contributed by atoms with Crippen molar-refractivity contribution >= 4 is 40.7 Å². The number of rotatable bonds is 1. The molecule has 0 aromatic heterocycles.